The Morgan fingerprint density at radius 1 is 1.33 bits per heavy atom. The third-order valence-electron chi connectivity index (χ3n) is 3.76. The van der Waals surface area contributed by atoms with Crippen molar-refractivity contribution >= 4 is 34.2 Å². The number of likely N-dealkylation sites (tertiary alicyclic amines) is 1. The number of ether oxygens (including phenoxy) is 1. The monoisotopic (exact) mass is 402 g/mol. The van der Waals surface area contributed by atoms with Crippen LogP contribution in [0.25, 0.3) is 0 Å². The highest BCUT2D eigenvalue weighted by molar-refractivity contribution is 14.1. The number of hydrogen-bond donors (Lipinski definition) is 1. The third-order valence-corrected chi connectivity index (χ3v) is 4.48. The zero-order valence-electron chi connectivity index (χ0n) is 12.5. The van der Waals surface area contributed by atoms with E-state index in [0.29, 0.717) is 12.5 Å². The van der Waals surface area contributed by atoms with Gasteiger partial charge in [0.15, 0.2) is 0 Å². The van der Waals surface area contributed by atoms with E-state index in [0.717, 1.165) is 44.8 Å². The molecular formula is C16H23IN2O2. The number of carbonyl (C=O) groups excluding carboxylic acids is 1. The predicted molar refractivity (Wildman–Crippen MR) is 93.4 cm³/mol. The van der Waals surface area contributed by atoms with E-state index in [2.05, 4.69) is 32.8 Å². The SMILES string of the molecule is CCOCC1CCN(CC(=O)Nc2ccc(I)cc2)CC1. The number of rotatable bonds is 6. The van der Waals surface area contributed by atoms with Crippen LogP contribution >= 0.6 is 22.6 Å². The summed E-state index contributed by atoms with van der Waals surface area (Å²) in [4.78, 5) is 14.3. The molecule has 0 saturated carbocycles. The molecule has 0 bridgehead atoms. The van der Waals surface area contributed by atoms with Crippen LogP contribution in [-0.2, 0) is 9.53 Å². The quantitative estimate of drug-likeness (QED) is 0.744. The molecule has 1 aromatic carbocycles. The lowest BCUT2D eigenvalue weighted by molar-refractivity contribution is -0.117. The Morgan fingerprint density at radius 3 is 2.62 bits per heavy atom. The van der Waals surface area contributed by atoms with Crippen LogP contribution in [0.1, 0.15) is 19.8 Å². The minimum Gasteiger partial charge on any atom is -0.381 e. The first-order valence-corrected chi connectivity index (χ1v) is 8.60. The van der Waals surface area contributed by atoms with Crippen molar-refractivity contribution in [3.8, 4) is 0 Å². The van der Waals surface area contributed by atoms with Crippen LogP contribution < -0.4 is 5.32 Å². The fraction of sp³-hybridized carbons (Fsp3) is 0.562. The van der Waals surface area contributed by atoms with Gasteiger partial charge in [-0.2, -0.15) is 0 Å². The molecule has 116 valence electrons. The van der Waals surface area contributed by atoms with Crippen molar-refractivity contribution in [3.05, 3.63) is 27.8 Å². The number of nitrogens with zero attached hydrogens (tertiary/aromatic N) is 1. The largest absolute Gasteiger partial charge is 0.381 e. The smallest absolute Gasteiger partial charge is 0.238 e. The lowest BCUT2D eigenvalue weighted by atomic mass is 9.98. The number of hydrogen-bond acceptors (Lipinski definition) is 3. The summed E-state index contributed by atoms with van der Waals surface area (Å²) in [6.45, 7) is 6.13. The van der Waals surface area contributed by atoms with Crippen molar-refractivity contribution in [2.45, 2.75) is 19.8 Å². The van der Waals surface area contributed by atoms with E-state index >= 15 is 0 Å². The summed E-state index contributed by atoms with van der Waals surface area (Å²) in [6.07, 6.45) is 2.24. The molecule has 1 N–H and O–H groups in total. The van der Waals surface area contributed by atoms with Gasteiger partial charge in [-0.05, 0) is 85.6 Å². The average molecular weight is 402 g/mol. The molecule has 5 heteroatoms. The summed E-state index contributed by atoms with van der Waals surface area (Å²) in [6, 6.07) is 7.87. The zero-order valence-corrected chi connectivity index (χ0v) is 14.6. The number of benzene rings is 1. The van der Waals surface area contributed by atoms with Crippen LogP contribution in [0.15, 0.2) is 24.3 Å². The Morgan fingerprint density at radius 2 is 2.00 bits per heavy atom. The second-order valence-electron chi connectivity index (χ2n) is 5.43. The van der Waals surface area contributed by atoms with E-state index in [1.807, 2.05) is 31.2 Å². The fourth-order valence-corrected chi connectivity index (χ4v) is 2.89. The van der Waals surface area contributed by atoms with E-state index in [-0.39, 0.29) is 5.91 Å². The number of nitrogens with one attached hydrogen (secondary N) is 1. The van der Waals surface area contributed by atoms with E-state index in [9.17, 15) is 4.79 Å². The maximum absolute atomic E-state index is 12.0. The molecule has 1 fully saturated rings. The molecule has 21 heavy (non-hydrogen) atoms. The highest BCUT2D eigenvalue weighted by atomic mass is 127. The van der Waals surface area contributed by atoms with Crippen molar-refractivity contribution in [2.75, 3.05) is 38.2 Å². The lowest BCUT2D eigenvalue weighted by Gasteiger charge is -2.31. The van der Waals surface area contributed by atoms with Gasteiger partial charge in [-0.1, -0.05) is 0 Å². The normalized spacial score (nSPS) is 16.9. The number of piperidine rings is 1. The molecule has 0 radical (unpaired) electrons. The van der Waals surface area contributed by atoms with E-state index in [1.54, 1.807) is 0 Å². The molecule has 1 saturated heterocycles. The van der Waals surface area contributed by atoms with Crippen LogP contribution in [0.5, 0.6) is 0 Å². The Hall–Kier alpha value is -0.660. The highest BCUT2D eigenvalue weighted by Crippen LogP contribution is 2.17. The average Bonchev–Trinajstić information content (AvgIpc) is 2.49. The van der Waals surface area contributed by atoms with Crippen LogP contribution in [0.3, 0.4) is 0 Å². The summed E-state index contributed by atoms with van der Waals surface area (Å²) in [5, 5.41) is 2.95. The van der Waals surface area contributed by atoms with Gasteiger partial charge in [-0.3, -0.25) is 9.69 Å². The van der Waals surface area contributed by atoms with Crippen molar-refractivity contribution in [1.82, 2.24) is 4.90 Å². The molecule has 0 spiro atoms. The maximum atomic E-state index is 12.0. The number of anilines is 1. The molecular weight excluding hydrogens is 379 g/mol. The van der Waals surface area contributed by atoms with Gasteiger partial charge in [0.1, 0.15) is 0 Å². The molecule has 0 aromatic heterocycles. The van der Waals surface area contributed by atoms with Gasteiger partial charge in [-0.25, -0.2) is 0 Å². The number of amides is 1. The number of halogens is 1. The standard InChI is InChI=1S/C16H23IN2O2/c1-2-21-12-13-7-9-19(10-8-13)11-16(20)18-15-5-3-14(17)4-6-15/h3-6,13H,2,7-12H2,1H3,(H,18,20). The van der Waals surface area contributed by atoms with Crippen LogP contribution in [0.2, 0.25) is 0 Å². The van der Waals surface area contributed by atoms with Crippen molar-refractivity contribution in [3.63, 3.8) is 0 Å². The first-order chi connectivity index (χ1) is 10.2. The lowest BCUT2D eigenvalue weighted by Crippen LogP contribution is -2.40. The molecule has 0 atom stereocenters. The molecule has 1 amide bonds. The van der Waals surface area contributed by atoms with Crippen LogP contribution in [0, 0.1) is 9.49 Å². The van der Waals surface area contributed by atoms with E-state index < -0.39 is 0 Å². The van der Waals surface area contributed by atoms with Gasteiger partial charge < -0.3 is 10.1 Å². The van der Waals surface area contributed by atoms with Crippen LogP contribution in [0.4, 0.5) is 5.69 Å². The zero-order chi connectivity index (χ0) is 15.1. The minimum atomic E-state index is 0.0690. The summed E-state index contributed by atoms with van der Waals surface area (Å²) in [7, 11) is 0. The fourth-order valence-electron chi connectivity index (χ4n) is 2.53. The van der Waals surface area contributed by atoms with Gasteiger partial charge in [-0.15, -0.1) is 0 Å². The van der Waals surface area contributed by atoms with Crippen LogP contribution in [-0.4, -0.2) is 43.7 Å². The Labute approximate surface area is 140 Å². The maximum Gasteiger partial charge on any atom is 0.238 e. The second-order valence-corrected chi connectivity index (χ2v) is 6.68. The second kappa shape index (κ2) is 8.70. The Balaban J connectivity index is 1.70. The Kier molecular flexibility index (Phi) is 6.92. The summed E-state index contributed by atoms with van der Waals surface area (Å²) in [5.74, 6) is 0.722. The van der Waals surface area contributed by atoms with Gasteiger partial charge >= 0.3 is 0 Å². The molecule has 1 aromatic rings. The molecule has 2 rings (SSSR count). The summed E-state index contributed by atoms with van der Waals surface area (Å²) < 4.78 is 6.65. The van der Waals surface area contributed by atoms with Gasteiger partial charge in [0, 0.05) is 22.5 Å². The van der Waals surface area contributed by atoms with Crippen molar-refractivity contribution in [2.24, 2.45) is 5.92 Å². The molecule has 1 aliphatic heterocycles. The topological polar surface area (TPSA) is 41.6 Å². The summed E-state index contributed by atoms with van der Waals surface area (Å²) >= 11 is 2.25. The summed E-state index contributed by atoms with van der Waals surface area (Å²) in [5.41, 5.74) is 0.867. The molecule has 1 aliphatic rings. The first-order valence-electron chi connectivity index (χ1n) is 7.53. The van der Waals surface area contributed by atoms with E-state index in [4.69, 9.17) is 4.74 Å². The van der Waals surface area contributed by atoms with Crippen molar-refractivity contribution in [1.29, 1.82) is 0 Å². The molecule has 4 nitrogen and oxygen atoms in total. The minimum absolute atomic E-state index is 0.0690. The first kappa shape index (κ1) is 16.7. The number of carbonyl (C=O) groups is 1. The van der Waals surface area contributed by atoms with Gasteiger partial charge in [0.25, 0.3) is 0 Å². The predicted octanol–water partition coefficient (Wildman–Crippen LogP) is 2.98. The van der Waals surface area contributed by atoms with Gasteiger partial charge in [0.05, 0.1) is 6.54 Å². The van der Waals surface area contributed by atoms with E-state index in [1.165, 1.54) is 3.57 Å². The molecule has 1 heterocycles. The van der Waals surface area contributed by atoms with Gasteiger partial charge in [0.2, 0.25) is 5.91 Å². The highest BCUT2D eigenvalue weighted by Gasteiger charge is 2.20. The Bertz CT molecular complexity index is 442. The van der Waals surface area contributed by atoms with Crippen molar-refractivity contribution < 1.29 is 9.53 Å². The third kappa shape index (κ3) is 5.92. The molecule has 0 unspecified atom stereocenters. The molecule has 0 aliphatic carbocycles.